The lowest BCUT2D eigenvalue weighted by atomic mass is 10.3. The van der Waals surface area contributed by atoms with Gasteiger partial charge in [0.25, 0.3) is 12.3 Å². The first-order chi connectivity index (χ1) is 5.91. The average Bonchev–Trinajstić information content (AvgIpc) is 2.02. The van der Waals surface area contributed by atoms with Crippen LogP contribution in [0.15, 0.2) is 0 Å². The quantitative estimate of drug-likeness (QED) is 0.655. The summed E-state index contributed by atoms with van der Waals surface area (Å²) in [5.74, 6) is -3.08. The molecule has 2 nitrogen and oxygen atoms in total. The van der Waals surface area contributed by atoms with Crippen LogP contribution in [0.5, 0.6) is 0 Å². The van der Waals surface area contributed by atoms with Crippen LogP contribution >= 0.6 is 0 Å². The zero-order valence-corrected chi connectivity index (χ0v) is 7.44. The molecule has 0 fully saturated rings. The molecule has 0 spiro atoms. The first-order valence-corrected chi connectivity index (χ1v) is 3.99. The SMILES string of the molecule is CCN(CC(F)F)CC(F)(F)CN. The highest BCUT2D eigenvalue weighted by molar-refractivity contribution is 4.72. The Morgan fingerprint density at radius 1 is 1.38 bits per heavy atom. The highest BCUT2D eigenvalue weighted by Crippen LogP contribution is 2.13. The van der Waals surface area contributed by atoms with Gasteiger partial charge in [0.1, 0.15) is 0 Å². The number of alkyl halides is 4. The minimum absolute atomic E-state index is 0.167. The van der Waals surface area contributed by atoms with Gasteiger partial charge in [0.05, 0.1) is 19.6 Å². The van der Waals surface area contributed by atoms with Crippen LogP contribution in [0.3, 0.4) is 0 Å². The van der Waals surface area contributed by atoms with Crippen LogP contribution in [-0.2, 0) is 0 Å². The number of halogens is 4. The van der Waals surface area contributed by atoms with Crippen molar-refractivity contribution < 1.29 is 17.6 Å². The maximum Gasteiger partial charge on any atom is 0.272 e. The third-order valence-electron chi connectivity index (χ3n) is 1.60. The minimum atomic E-state index is -3.08. The number of hydrogen-bond donors (Lipinski definition) is 1. The van der Waals surface area contributed by atoms with Gasteiger partial charge in [-0.25, -0.2) is 17.6 Å². The van der Waals surface area contributed by atoms with Gasteiger partial charge in [-0.3, -0.25) is 4.90 Å². The van der Waals surface area contributed by atoms with Crippen molar-refractivity contribution >= 4 is 0 Å². The molecule has 0 aliphatic carbocycles. The van der Waals surface area contributed by atoms with Crippen molar-refractivity contribution in [1.29, 1.82) is 0 Å². The molecule has 0 atom stereocenters. The Balaban J connectivity index is 3.97. The molecule has 0 saturated heterocycles. The highest BCUT2D eigenvalue weighted by atomic mass is 19.3. The van der Waals surface area contributed by atoms with E-state index in [1.807, 2.05) is 0 Å². The van der Waals surface area contributed by atoms with Gasteiger partial charge in [-0.05, 0) is 6.54 Å². The van der Waals surface area contributed by atoms with Crippen molar-refractivity contribution in [3.63, 3.8) is 0 Å². The molecule has 0 unspecified atom stereocenters. The summed E-state index contributed by atoms with van der Waals surface area (Å²) in [6, 6.07) is 0. The summed E-state index contributed by atoms with van der Waals surface area (Å²) in [5.41, 5.74) is 4.78. The van der Waals surface area contributed by atoms with E-state index in [1.54, 1.807) is 6.92 Å². The maximum absolute atomic E-state index is 12.6. The van der Waals surface area contributed by atoms with E-state index in [0.717, 1.165) is 4.90 Å². The molecule has 80 valence electrons. The summed E-state index contributed by atoms with van der Waals surface area (Å²) in [4.78, 5) is 0.984. The van der Waals surface area contributed by atoms with Crippen molar-refractivity contribution in [2.24, 2.45) is 5.73 Å². The molecule has 0 aromatic heterocycles. The highest BCUT2D eigenvalue weighted by Gasteiger charge is 2.30. The lowest BCUT2D eigenvalue weighted by Crippen LogP contribution is -2.43. The van der Waals surface area contributed by atoms with E-state index in [4.69, 9.17) is 5.73 Å². The largest absolute Gasteiger partial charge is 0.325 e. The Morgan fingerprint density at radius 2 is 1.92 bits per heavy atom. The molecule has 0 bridgehead atoms. The first-order valence-electron chi connectivity index (χ1n) is 3.99. The molecule has 0 aromatic carbocycles. The summed E-state index contributed by atoms with van der Waals surface area (Å²) >= 11 is 0. The Kier molecular flexibility index (Phi) is 5.24. The Labute approximate surface area is 74.7 Å². The van der Waals surface area contributed by atoms with Crippen LogP contribution in [0.2, 0.25) is 0 Å². The molecular formula is C7H14F4N2. The summed E-state index contributed by atoms with van der Waals surface area (Å²) < 4.78 is 48.9. The van der Waals surface area contributed by atoms with Crippen LogP contribution in [-0.4, -0.2) is 43.4 Å². The fourth-order valence-electron chi connectivity index (χ4n) is 0.892. The van der Waals surface area contributed by atoms with E-state index < -0.39 is 32.0 Å². The standard InChI is InChI=1S/C7H14F4N2/c1-2-13(3-6(8)9)5-7(10,11)4-12/h6H,2-5,12H2,1H3. The van der Waals surface area contributed by atoms with E-state index in [1.165, 1.54) is 0 Å². The lowest BCUT2D eigenvalue weighted by molar-refractivity contribution is -0.0343. The van der Waals surface area contributed by atoms with Crippen molar-refractivity contribution in [2.75, 3.05) is 26.2 Å². The van der Waals surface area contributed by atoms with Crippen molar-refractivity contribution in [1.82, 2.24) is 4.90 Å². The Hall–Kier alpha value is -0.360. The maximum atomic E-state index is 12.6. The molecule has 2 N–H and O–H groups in total. The molecular weight excluding hydrogens is 188 g/mol. The van der Waals surface area contributed by atoms with Gasteiger partial charge in [-0.15, -0.1) is 0 Å². The van der Waals surface area contributed by atoms with E-state index in [2.05, 4.69) is 0 Å². The average molecular weight is 202 g/mol. The van der Waals surface area contributed by atoms with E-state index >= 15 is 0 Å². The van der Waals surface area contributed by atoms with Gasteiger partial charge >= 0.3 is 0 Å². The van der Waals surface area contributed by atoms with Crippen LogP contribution in [0.4, 0.5) is 17.6 Å². The minimum Gasteiger partial charge on any atom is -0.325 e. The summed E-state index contributed by atoms with van der Waals surface area (Å²) in [5, 5.41) is 0. The fraction of sp³-hybridized carbons (Fsp3) is 1.00. The zero-order chi connectivity index (χ0) is 10.5. The second kappa shape index (κ2) is 5.39. The van der Waals surface area contributed by atoms with Crippen LogP contribution in [0.25, 0.3) is 0 Å². The monoisotopic (exact) mass is 202 g/mol. The fourth-order valence-corrected chi connectivity index (χ4v) is 0.892. The topological polar surface area (TPSA) is 29.3 Å². The second-order valence-corrected chi connectivity index (χ2v) is 2.78. The lowest BCUT2D eigenvalue weighted by Gasteiger charge is -2.24. The summed E-state index contributed by atoms with van der Waals surface area (Å²) in [6.45, 7) is -0.432. The third-order valence-corrected chi connectivity index (χ3v) is 1.60. The van der Waals surface area contributed by atoms with Crippen LogP contribution in [0.1, 0.15) is 6.92 Å². The van der Waals surface area contributed by atoms with Gasteiger partial charge in [0.15, 0.2) is 0 Å². The predicted molar refractivity (Wildman–Crippen MR) is 42.1 cm³/mol. The zero-order valence-electron chi connectivity index (χ0n) is 7.44. The van der Waals surface area contributed by atoms with Crippen LogP contribution in [0, 0.1) is 0 Å². The molecule has 13 heavy (non-hydrogen) atoms. The molecule has 6 heteroatoms. The van der Waals surface area contributed by atoms with Crippen molar-refractivity contribution in [3.05, 3.63) is 0 Å². The molecule has 0 saturated carbocycles. The van der Waals surface area contributed by atoms with Gasteiger partial charge < -0.3 is 5.73 Å². The number of nitrogens with zero attached hydrogens (tertiary/aromatic N) is 1. The number of hydrogen-bond acceptors (Lipinski definition) is 2. The predicted octanol–water partition coefficient (Wildman–Crippen LogP) is 1.17. The molecule has 0 heterocycles. The summed E-state index contributed by atoms with van der Waals surface area (Å²) in [7, 11) is 0. The third kappa shape index (κ3) is 5.81. The molecule has 0 radical (unpaired) electrons. The van der Waals surface area contributed by atoms with Crippen LogP contribution < -0.4 is 5.73 Å². The Morgan fingerprint density at radius 3 is 2.23 bits per heavy atom. The molecule has 0 aliphatic heterocycles. The Bertz CT molecular complexity index is 140. The van der Waals surface area contributed by atoms with Gasteiger partial charge in [0, 0.05) is 0 Å². The van der Waals surface area contributed by atoms with E-state index in [0.29, 0.717) is 0 Å². The smallest absolute Gasteiger partial charge is 0.272 e. The number of rotatable bonds is 6. The van der Waals surface area contributed by atoms with Gasteiger partial charge in [0.2, 0.25) is 0 Å². The van der Waals surface area contributed by atoms with Crippen molar-refractivity contribution in [2.45, 2.75) is 19.3 Å². The van der Waals surface area contributed by atoms with E-state index in [9.17, 15) is 17.6 Å². The first kappa shape index (κ1) is 12.6. The summed E-state index contributed by atoms with van der Waals surface area (Å²) in [6.07, 6.45) is -2.59. The van der Waals surface area contributed by atoms with Gasteiger partial charge in [-0.1, -0.05) is 6.92 Å². The van der Waals surface area contributed by atoms with E-state index in [-0.39, 0.29) is 6.54 Å². The number of nitrogens with two attached hydrogens (primary N) is 1. The molecule has 0 amide bonds. The molecule has 0 aliphatic rings. The second-order valence-electron chi connectivity index (χ2n) is 2.78. The van der Waals surface area contributed by atoms with Crippen molar-refractivity contribution in [3.8, 4) is 0 Å². The molecule has 0 aromatic rings. The van der Waals surface area contributed by atoms with Gasteiger partial charge in [-0.2, -0.15) is 0 Å². The molecule has 0 rings (SSSR count). The normalized spacial score (nSPS) is 12.9.